The summed E-state index contributed by atoms with van der Waals surface area (Å²) in [5.74, 6) is 0.604. The second-order valence-electron chi connectivity index (χ2n) is 5.34. The van der Waals surface area contributed by atoms with Crippen molar-refractivity contribution in [3.05, 3.63) is 17.7 Å². The van der Waals surface area contributed by atoms with E-state index in [0.29, 0.717) is 12.5 Å². The number of carboxylic acids is 1. The molecule has 1 aromatic heterocycles. The van der Waals surface area contributed by atoms with Crippen LogP contribution in [-0.4, -0.2) is 33.7 Å². The van der Waals surface area contributed by atoms with Gasteiger partial charge in [0, 0.05) is 30.9 Å². The van der Waals surface area contributed by atoms with E-state index in [2.05, 4.69) is 14.9 Å². The third-order valence-corrected chi connectivity index (χ3v) is 4.13. The van der Waals surface area contributed by atoms with Crippen LogP contribution in [0.2, 0.25) is 0 Å². The lowest BCUT2D eigenvalue weighted by Crippen LogP contribution is -2.32. The Morgan fingerprint density at radius 1 is 1.47 bits per heavy atom. The molecule has 2 atom stereocenters. The number of aromatic nitrogens is 2. The molecule has 2 N–H and O–H groups in total. The molecule has 0 aliphatic carbocycles. The van der Waals surface area contributed by atoms with Gasteiger partial charge in [-0.25, -0.2) is 4.98 Å². The number of aryl methyl sites for hydroxylation is 1. The number of carbonyl (C=O) groups is 1. The smallest absolute Gasteiger partial charge is 0.308 e. The molecule has 1 saturated heterocycles. The van der Waals surface area contributed by atoms with E-state index in [4.69, 9.17) is 5.11 Å². The van der Waals surface area contributed by atoms with Gasteiger partial charge in [0.15, 0.2) is 0 Å². The standard InChI is InChI=1S/C13H19N3O2.ClH/c17-13(18)10-3-4-11-7-15-12(16(11)8-10)9-2-1-5-14-6-9;/h7,9-10,14H,1-6,8H2,(H,17,18);1H. The number of nitrogens with zero attached hydrogens (tertiary/aromatic N) is 2. The van der Waals surface area contributed by atoms with E-state index in [1.807, 2.05) is 6.20 Å². The lowest BCUT2D eigenvalue weighted by atomic mass is 9.95. The van der Waals surface area contributed by atoms with Crippen molar-refractivity contribution in [1.82, 2.24) is 14.9 Å². The van der Waals surface area contributed by atoms with Gasteiger partial charge in [0.2, 0.25) is 0 Å². The van der Waals surface area contributed by atoms with Crippen molar-refractivity contribution in [2.45, 2.75) is 38.1 Å². The number of piperidine rings is 1. The van der Waals surface area contributed by atoms with Crippen LogP contribution in [0.3, 0.4) is 0 Å². The van der Waals surface area contributed by atoms with E-state index >= 15 is 0 Å². The van der Waals surface area contributed by atoms with Gasteiger partial charge in [0.1, 0.15) is 5.82 Å². The summed E-state index contributed by atoms with van der Waals surface area (Å²) in [5.41, 5.74) is 1.20. The Morgan fingerprint density at radius 3 is 3.00 bits per heavy atom. The molecule has 6 heteroatoms. The van der Waals surface area contributed by atoms with Gasteiger partial charge in [-0.05, 0) is 32.2 Å². The van der Waals surface area contributed by atoms with Crippen LogP contribution < -0.4 is 5.32 Å². The first-order valence-electron chi connectivity index (χ1n) is 6.73. The van der Waals surface area contributed by atoms with Crippen LogP contribution in [0.4, 0.5) is 0 Å². The average molecular weight is 286 g/mol. The summed E-state index contributed by atoms with van der Waals surface area (Å²) in [6, 6.07) is 0. The van der Waals surface area contributed by atoms with Gasteiger partial charge in [-0.2, -0.15) is 0 Å². The fraction of sp³-hybridized carbons (Fsp3) is 0.692. The molecule has 1 fully saturated rings. The first-order chi connectivity index (χ1) is 8.75. The number of rotatable bonds is 2. The van der Waals surface area contributed by atoms with E-state index in [9.17, 15) is 4.79 Å². The molecule has 19 heavy (non-hydrogen) atoms. The molecule has 0 radical (unpaired) electrons. The molecule has 0 aromatic carbocycles. The Bertz CT molecular complexity index is 455. The van der Waals surface area contributed by atoms with Gasteiger partial charge < -0.3 is 15.0 Å². The van der Waals surface area contributed by atoms with Crippen LogP contribution in [0.25, 0.3) is 0 Å². The van der Waals surface area contributed by atoms with E-state index < -0.39 is 5.97 Å². The van der Waals surface area contributed by atoms with Gasteiger partial charge in [0.05, 0.1) is 5.92 Å². The highest BCUT2D eigenvalue weighted by Crippen LogP contribution is 2.28. The van der Waals surface area contributed by atoms with Crippen molar-refractivity contribution in [3.8, 4) is 0 Å². The quantitative estimate of drug-likeness (QED) is 0.862. The third kappa shape index (κ3) is 2.77. The van der Waals surface area contributed by atoms with Crippen LogP contribution in [0, 0.1) is 5.92 Å². The first kappa shape index (κ1) is 14.3. The molecule has 0 spiro atoms. The molecule has 106 valence electrons. The van der Waals surface area contributed by atoms with Crippen LogP contribution in [-0.2, 0) is 17.8 Å². The van der Waals surface area contributed by atoms with Crippen LogP contribution in [0.15, 0.2) is 6.20 Å². The summed E-state index contributed by atoms with van der Waals surface area (Å²) < 4.78 is 2.15. The third-order valence-electron chi connectivity index (χ3n) is 4.13. The Labute approximate surface area is 118 Å². The van der Waals surface area contributed by atoms with Crippen molar-refractivity contribution < 1.29 is 9.90 Å². The molecule has 2 aliphatic rings. The maximum absolute atomic E-state index is 11.1. The Kier molecular flexibility index (Phi) is 4.47. The second kappa shape index (κ2) is 5.92. The summed E-state index contributed by atoms with van der Waals surface area (Å²) in [6.07, 6.45) is 5.84. The zero-order valence-corrected chi connectivity index (χ0v) is 11.7. The largest absolute Gasteiger partial charge is 0.481 e. The number of carboxylic acid groups (broad SMARTS) is 1. The van der Waals surface area contributed by atoms with Crippen LogP contribution in [0.1, 0.15) is 36.7 Å². The zero-order chi connectivity index (χ0) is 12.5. The van der Waals surface area contributed by atoms with Gasteiger partial charge in [-0.3, -0.25) is 4.79 Å². The van der Waals surface area contributed by atoms with Crippen molar-refractivity contribution in [2.24, 2.45) is 5.92 Å². The minimum atomic E-state index is -0.679. The lowest BCUT2D eigenvalue weighted by Gasteiger charge is -2.27. The van der Waals surface area contributed by atoms with E-state index in [1.165, 1.54) is 12.1 Å². The molecule has 0 amide bonds. The normalized spacial score (nSPS) is 26.3. The fourth-order valence-corrected chi connectivity index (χ4v) is 3.07. The number of hydrogen-bond donors (Lipinski definition) is 2. The predicted octanol–water partition coefficient (Wildman–Crippen LogP) is 1.42. The Morgan fingerprint density at radius 2 is 2.32 bits per heavy atom. The first-order valence-corrected chi connectivity index (χ1v) is 6.73. The van der Waals surface area contributed by atoms with E-state index in [1.54, 1.807) is 0 Å². The van der Waals surface area contributed by atoms with E-state index in [-0.39, 0.29) is 18.3 Å². The fourth-order valence-electron chi connectivity index (χ4n) is 3.07. The number of aliphatic carboxylic acids is 1. The minimum absolute atomic E-state index is 0. The van der Waals surface area contributed by atoms with Crippen molar-refractivity contribution in [1.29, 1.82) is 0 Å². The number of fused-ring (bicyclic) bond motifs is 1. The monoisotopic (exact) mass is 285 g/mol. The average Bonchev–Trinajstić information content (AvgIpc) is 2.82. The van der Waals surface area contributed by atoms with Crippen LogP contribution >= 0.6 is 12.4 Å². The molecule has 3 heterocycles. The summed E-state index contributed by atoms with van der Waals surface area (Å²) in [6.45, 7) is 2.65. The zero-order valence-electron chi connectivity index (χ0n) is 10.8. The topological polar surface area (TPSA) is 67.2 Å². The summed E-state index contributed by atoms with van der Waals surface area (Å²) in [4.78, 5) is 15.7. The van der Waals surface area contributed by atoms with Gasteiger partial charge in [0.25, 0.3) is 0 Å². The van der Waals surface area contributed by atoms with Crippen molar-refractivity contribution >= 4 is 18.4 Å². The van der Waals surface area contributed by atoms with Gasteiger partial charge >= 0.3 is 5.97 Å². The Balaban J connectivity index is 0.00000133. The van der Waals surface area contributed by atoms with Crippen molar-refractivity contribution in [3.63, 3.8) is 0 Å². The van der Waals surface area contributed by atoms with Gasteiger partial charge in [-0.15, -0.1) is 12.4 Å². The van der Waals surface area contributed by atoms with Crippen LogP contribution in [0.5, 0.6) is 0 Å². The SMILES string of the molecule is Cl.O=C(O)C1CCc2cnc(C3CCCNC3)n2C1. The van der Waals surface area contributed by atoms with E-state index in [0.717, 1.165) is 38.2 Å². The summed E-state index contributed by atoms with van der Waals surface area (Å²) in [5, 5.41) is 12.6. The summed E-state index contributed by atoms with van der Waals surface area (Å²) in [7, 11) is 0. The molecular formula is C13H20ClN3O2. The highest BCUT2D eigenvalue weighted by atomic mass is 35.5. The Hall–Kier alpha value is -1.07. The minimum Gasteiger partial charge on any atom is -0.481 e. The lowest BCUT2D eigenvalue weighted by molar-refractivity contribution is -0.142. The second-order valence-corrected chi connectivity index (χ2v) is 5.34. The summed E-state index contributed by atoms with van der Waals surface area (Å²) >= 11 is 0. The molecule has 1 aromatic rings. The number of nitrogens with one attached hydrogen (secondary N) is 1. The maximum atomic E-state index is 11.1. The van der Waals surface area contributed by atoms with Crippen molar-refractivity contribution in [2.75, 3.05) is 13.1 Å². The molecule has 5 nitrogen and oxygen atoms in total. The maximum Gasteiger partial charge on any atom is 0.308 e. The highest BCUT2D eigenvalue weighted by Gasteiger charge is 2.29. The molecular weight excluding hydrogens is 266 g/mol. The molecule has 2 unspecified atom stereocenters. The number of halogens is 1. The molecule has 0 saturated carbocycles. The molecule has 3 rings (SSSR count). The van der Waals surface area contributed by atoms with Gasteiger partial charge in [-0.1, -0.05) is 0 Å². The number of imidazole rings is 1. The number of hydrogen-bond acceptors (Lipinski definition) is 3. The molecule has 0 bridgehead atoms. The highest BCUT2D eigenvalue weighted by molar-refractivity contribution is 5.85. The predicted molar refractivity (Wildman–Crippen MR) is 73.8 cm³/mol. The molecule has 2 aliphatic heterocycles.